The predicted octanol–water partition coefficient (Wildman–Crippen LogP) is 2.36. The molecule has 32 heavy (non-hydrogen) atoms. The minimum atomic E-state index is -0.177. The highest BCUT2D eigenvalue weighted by molar-refractivity contribution is 6.33. The first-order valence-corrected chi connectivity index (χ1v) is 11.4. The number of H-pyrrole nitrogens is 1. The van der Waals surface area contributed by atoms with E-state index in [0.717, 1.165) is 49.5 Å². The van der Waals surface area contributed by atoms with Gasteiger partial charge in [0, 0.05) is 44.5 Å². The van der Waals surface area contributed by atoms with Crippen molar-refractivity contribution < 1.29 is 14.2 Å². The second kappa shape index (κ2) is 8.15. The van der Waals surface area contributed by atoms with Crippen molar-refractivity contribution in [2.45, 2.75) is 24.7 Å². The Kier molecular flexibility index (Phi) is 5.14. The Morgan fingerprint density at radius 3 is 2.84 bits per heavy atom. The van der Waals surface area contributed by atoms with Crippen molar-refractivity contribution in [2.24, 2.45) is 0 Å². The fourth-order valence-corrected chi connectivity index (χ4v) is 4.84. The van der Waals surface area contributed by atoms with Crippen LogP contribution in [0.2, 0.25) is 5.02 Å². The highest BCUT2D eigenvalue weighted by Gasteiger charge is 2.43. The van der Waals surface area contributed by atoms with Gasteiger partial charge in [-0.05, 0) is 31.7 Å². The van der Waals surface area contributed by atoms with E-state index in [-0.39, 0.29) is 18.3 Å². The third-order valence-corrected chi connectivity index (χ3v) is 6.72. The molecular formula is C22H25ClN6O3. The lowest BCUT2D eigenvalue weighted by atomic mass is 10.1. The van der Waals surface area contributed by atoms with Crippen LogP contribution >= 0.6 is 11.6 Å². The number of hydrogen-bond donors (Lipinski definition) is 1. The van der Waals surface area contributed by atoms with Crippen molar-refractivity contribution in [3.05, 3.63) is 29.4 Å². The molecule has 3 unspecified atom stereocenters. The predicted molar refractivity (Wildman–Crippen MR) is 120 cm³/mol. The van der Waals surface area contributed by atoms with Crippen LogP contribution in [0.15, 0.2) is 24.4 Å². The Labute approximate surface area is 190 Å². The highest BCUT2D eigenvalue weighted by atomic mass is 35.5. The molecule has 0 saturated carbocycles. The maximum atomic E-state index is 6.56. The summed E-state index contributed by atoms with van der Waals surface area (Å²) in [4.78, 5) is 21.6. The fourth-order valence-electron chi connectivity index (χ4n) is 4.58. The van der Waals surface area contributed by atoms with Gasteiger partial charge in [-0.1, -0.05) is 11.6 Å². The molecule has 10 heteroatoms. The first-order chi connectivity index (χ1) is 15.6. The number of nitrogens with zero attached hydrogens (tertiary/aromatic N) is 5. The first kappa shape index (κ1) is 20.2. The summed E-state index contributed by atoms with van der Waals surface area (Å²) in [5.74, 6) is 0.973. The van der Waals surface area contributed by atoms with E-state index in [1.165, 1.54) is 0 Å². The topological polar surface area (TPSA) is 88.6 Å². The smallest absolute Gasteiger partial charge is 0.296 e. The Morgan fingerprint density at radius 2 is 2.03 bits per heavy atom. The number of piperazine rings is 1. The van der Waals surface area contributed by atoms with E-state index in [0.29, 0.717) is 35.6 Å². The Hall–Kier alpha value is -2.46. The third-order valence-electron chi connectivity index (χ3n) is 6.44. The van der Waals surface area contributed by atoms with E-state index in [9.17, 15) is 0 Å². The number of ether oxygens (including phenoxy) is 3. The quantitative estimate of drug-likeness (QED) is 0.640. The number of pyridine rings is 2. The van der Waals surface area contributed by atoms with Gasteiger partial charge in [0.15, 0.2) is 11.8 Å². The zero-order valence-corrected chi connectivity index (χ0v) is 18.6. The lowest BCUT2D eigenvalue weighted by molar-refractivity contribution is 0.0273. The van der Waals surface area contributed by atoms with Gasteiger partial charge in [0.2, 0.25) is 0 Å². The van der Waals surface area contributed by atoms with Gasteiger partial charge in [-0.2, -0.15) is 4.98 Å². The number of hydrogen-bond acceptors (Lipinski definition) is 8. The number of fused-ring (bicyclic) bond motifs is 2. The molecule has 0 bridgehead atoms. The first-order valence-electron chi connectivity index (χ1n) is 11.0. The standard InChI is InChI=1S/C22H25ClN6O3/c1-28-5-7-29(8-6-28)18-3-2-13(11-24-18)19-14(23)10-15-21(26-19)27-22(25-15)32-17-12-31-16-4-9-30-20(16)17/h2-3,10-11,16-17,20H,4-9,12H2,1H3,(H,25,26,27). The molecule has 9 nitrogen and oxygen atoms in total. The molecule has 1 N–H and O–H groups in total. The average Bonchev–Trinajstić information content (AvgIpc) is 3.51. The average molecular weight is 457 g/mol. The van der Waals surface area contributed by atoms with E-state index in [4.69, 9.17) is 25.8 Å². The molecule has 0 radical (unpaired) electrons. The van der Waals surface area contributed by atoms with Crippen molar-refractivity contribution in [1.29, 1.82) is 0 Å². The molecule has 3 aromatic rings. The minimum absolute atomic E-state index is 0.0415. The van der Waals surface area contributed by atoms with Crippen LogP contribution in [-0.2, 0) is 9.47 Å². The van der Waals surface area contributed by atoms with Crippen LogP contribution in [0, 0.1) is 0 Å². The number of aromatic amines is 1. The van der Waals surface area contributed by atoms with E-state index in [1.54, 1.807) is 0 Å². The maximum absolute atomic E-state index is 6.56. The summed E-state index contributed by atoms with van der Waals surface area (Å²) in [5, 5.41) is 0.533. The van der Waals surface area contributed by atoms with Crippen LogP contribution in [0.25, 0.3) is 22.4 Å². The molecule has 0 aromatic carbocycles. The minimum Gasteiger partial charge on any atom is -0.456 e. The van der Waals surface area contributed by atoms with Gasteiger partial charge >= 0.3 is 0 Å². The monoisotopic (exact) mass is 456 g/mol. The van der Waals surface area contributed by atoms with Crippen LogP contribution in [0.3, 0.4) is 0 Å². The van der Waals surface area contributed by atoms with Crippen LogP contribution < -0.4 is 9.64 Å². The van der Waals surface area contributed by atoms with Gasteiger partial charge in [-0.15, -0.1) is 0 Å². The van der Waals surface area contributed by atoms with Gasteiger partial charge in [0.25, 0.3) is 6.01 Å². The summed E-state index contributed by atoms with van der Waals surface area (Å²) in [6.45, 7) is 5.23. The number of aromatic nitrogens is 4. The molecule has 3 aliphatic heterocycles. The van der Waals surface area contributed by atoms with Gasteiger partial charge in [0.05, 0.1) is 28.9 Å². The van der Waals surface area contributed by atoms with Crippen LogP contribution in [0.1, 0.15) is 6.42 Å². The zero-order chi connectivity index (χ0) is 21.7. The van der Waals surface area contributed by atoms with Gasteiger partial charge in [-0.3, -0.25) is 0 Å². The van der Waals surface area contributed by atoms with Crippen molar-refractivity contribution in [3.8, 4) is 17.3 Å². The van der Waals surface area contributed by atoms with E-state index >= 15 is 0 Å². The summed E-state index contributed by atoms with van der Waals surface area (Å²) in [5.41, 5.74) is 2.77. The molecule has 6 heterocycles. The molecule has 3 fully saturated rings. The lowest BCUT2D eigenvalue weighted by Gasteiger charge is -2.33. The summed E-state index contributed by atoms with van der Waals surface area (Å²) < 4.78 is 17.5. The molecule has 3 aromatic heterocycles. The summed E-state index contributed by atoms with van der Waals surface area (Å²) in [7, 11) is 2.14. The second-order valence-corrected chi connectivity index (χ2v) is 8.99. The van der Waals surface area contributed by atoms with Crippen molar-refractivity contribution >= 4 is 28.6 Å². The number of imidazole rings is 1. The molecule has 3 atom stereocenters. The molecular weight excluding hydrogens is 432 g/mol. The third kappa shape index (κ3) is 3.69. The molecule has 3 aliphatic rings. The number of likely N-dealkylation sites (N-methyl/N-ethyl adjacent to an activating group) is 1. The Bertz CT molecular complexity index is 1110. The summed E-state index contributed by atoms with van der Waals surface area (Å²) in [6, 6.07) is 6.26. The molecule has 0 amide bonds. The second-order valence-electron chi connectivity index (χ2n) is 8.58. The largest absolute Gasteiger partial charge is 0.456 e. The van der Waals surface area contributed by atoms with Crippen molar-refractivity contribution in [3.63, 3.8) is 0 Å². The molecule has 6 rings (SSSR count). The summed E-state index contributed by atoms with van der Waals surface area (Å²) >= 11 is 6.56. The van der Waals surface area contributed by atoms with Gasteiger partial charge < -0.3 is 29.0 Å². The molecule has 3 saturated heterocycles. The van der Waals surface area contributed by atoms with Crippen molar-refractivity contribution in [1.82, 2.24) is 24.8 Å². The SMILES string of the molecule is CN1CCN(c2ccc(-c3nc4nc(OC5COC6CCOC65)[nH]c4cc3Cl)cn2)CC1. The maximum Gasteiger partial charge on any atom is 0.296 e. The Balaban J connectivity index is 1.22. The normalized spacial score (nSPS) is 26.1. The number of anilines is 1. The van der Waals surface area contributed by atoms with E-state index in [2.05, 4.69) is 36.8 Å². The highest BCUT2D eigenvalue weighted by Crippen LogP contribution is 2.32. The van der Waals surface area contributed by atoms with E-state index < -0.39 is 0 Å². The number of halogens is 1. The van der Waals surface area contributed by atoms with Gasteiger partial charge in [-0.25, -0.2) is 9.97 Å². The number of nitrogens with one attached hydrogen (secondary N) is 1. The van der Waals surface area contributed by atoms with Crippen LogP contribution in [0.5, 0.6) is 6.01 Å². The lowest BCUT2D eigenvalue weighted by Crippen LogP contribution is -2.44. The zero-order valence-electron chi connectivity index (χ0n) is 17.8. The Morgan fingerprint density at radius 1 is 1.16 bits per heavy atom. The van der Waals surface area contributed by atoms with Crippen LogP contribution in [-0.4, -0.2) is 89.6 Å². The molecule has 168 valence electrons. The van der Waals surface area contributed by atoms with Gasteiger partial charge in [0.1, 0.15) is 11.9 Å². The fraction of sp³-hybridized carbons (Fsp3) is 0.500. The summed E-state index contributed by atoms with van der Waals surface area (Å²) in [6.07, 6.45) is 2.63. The molecule has 0 aliphatic carbocycles. The van der Waals surface area contributed by atoms with Crippen LogP contribution in [0.4, 0.5) is 5.82 Å². The van der Waals surface area contributed by atoms with Crippen molar-refractivity contribution in [2.75, 3.05) is 51.3 Å². The molecule has 0 spiro atoms. The van der Waals surface area contributed by atoms with E-state index in [1.807, 2.05) is 24.4 Å². The number of rotatable bonds is 4.